The van der Waals surface area contributed by atoms with Crippen LogP contribution >= 0.6 is 11.8 Å². The summed E-state index contributed by atoms with van der Waals surface area (Å²) >= 11 is 1.97. The lowest BCUT2D eigenvalue weighted by Gasteiger charge is -2.33. The summed E-state index contributed by atoms with van der Waals surface area (Å²) in [5, 5.41) is 3.90. The van der Waals surface area contributed by atoms with E-state index in [1.54, 1.807) is 0 Å². The number of amides is 1. The van der Waals surface area contributed by atoms with E-state index in [1.807, 2.05) is 16.7 Å². The number of nitrogens with one attached hydrogen (secondary N) is 1. The van der Waals surface area contributed by atoms with Crippen LogP contribution in [-0.2, 0) is 9.53 Å². The quantitative estimate of drug-likeness (QED) is 0.918. The van der Waals surface area contributed by atoms with E-state index in [9.17, 15) is 4.79 Å². The molecule has 2 aliphatic heterocycles. The van der Waals surface area contributed by atoms with Gasteiger partial charge in [-0.3, -0.25) is 4.79 Å². The Hall–Kier alpha value is -1.04. The summed E-state index contributed by atoms with van der Waals surface area (Å²) in [6, 6.07) is 8.55. The van der Waals surface area contributed by atoms with Gasteiger partial charge in [0.15, 0.2) is 0 Å². The van der Waals surface area contributed by atoms with E-state index in [2.05, 4.69) is 36.5 Å². The number of thioether (sulfide) groups is 1. The van der Waals surface area contributed by atoms with E-state index >= 15 is 0 Å². The highest BCUT2D eigenvalue weighted by Gasteiger charge is 2.26. The van der Waals surface area contributed by atoms with Gasteiger partial charge in [-0.1, -0.05) is 18.2 Å². The number of benzene rings is 1. The van der Waals surface area contributed by atoms with Gasteiger partial charge in [0.25, 0.3) is 0 Å². The van der Waals surface area contributed by atoms with E-state index in [0.29, 0.717) is 18.3 Å². The number of aryl methyl sites for hydroxylation is 1. The molecule has 2 fully saturated rings. The van der Waals surface area contributed by atoms with Crippen molar-refractivity contribution in [3.05, 3.63) is 29.8 Å². The predicted octanol–water partition coefficient (Wildman–Crippen LogP) is 2.46. The molecular weight excluding hydrogens is 308 g/mol. The molecule has 1 aromatic rings. The topological polar surface area (TPSA) is 41.6 Å². The van der Waals surface area contributed by atoms with Crippen LogP contribution in [0, 0.1) is 6.92 Å². The third-order valence-corrected chi connectivity index (χ3v) is 6.11. The summed E-state index contributed by atoms with van der Waals surface area (Å²) in [6.07, 6.45) is 2.72. The Kier molecular flexibility index (Phi) is 5.97. The molecule has 0 radical (unpaired) electrons. The van der Waals surface area contributed by atoms with Crippen LogP contribution in [0.2, 0.25) is 0 Å². The van der Waals surface area contributed by atoms with Crippen LogP contribution in [0.25, 0.3) is 0 Å². The van der Waals surface area contributed by atoms with Crippen LogP contribution in [0.15, 0.2) is 29.2 Å². The fraction of sp³-hybridized carbons (Fsp3) is 0.611. The summed E-state index contributed by atoms with van der Waals surface area (Å²) in [7, 11) is 0. The second-order valence-electron chi connectivity index (χ2n) is 6.36. The van der Waals surface area contributed by atoms with Gasteiger partial charge in [0.2, 0.25) is 5.91 Å². The maximum Gasteiger partial charge on any atom is 0.225 e. The standard InChI is InChI=1S/C18H26N2O2S/c1-14-4-2-3-5-17(14)23-16-6-9-20(10-7-16)18(21)12-15-13-19-8-11-22-15/h2-5,15-16,19H,6-13H2,1H3. The zero-order chi connectivity index (χ0) is 16.1. The maximum atomic E-state index is 12.4. The molecule has 4 nitrogen and oxygen atoms in total. The summed E-state index contributed by atoms with van der Waals surface area (Å²) in [6.45, 7) is 6.33. The average molecular weight is 334 g/mol. The van der Waals surface area contributed by atoms with Gasteiger partial charge >= 0.3 is 0 Å². The van der Waals surface area contributed by atoms with Gasteiger partial charge in [0.1, 0.15) is 0 Å². The Bertz CT molecular complexity index is 524. The minimum absolute atomic E-state index is 0.0512. The van der Waals surface area contributed by atoms with Crippen molar-refractivity contribution in [1.82, 2.24) is 10.2 Å². The SMILES string of the molecule is Cc1ccccc1SC1CCN(C(=O)CC2CNCCO2)CC1. The van der Waals surface area contributed by atoms with Crippen molar-refractivity contribution >= 4 is 17.7 Å². The molecule has 2 heterocycles. The lowest BCUT2D eigenvalue weighted by molar-refractivity contribution is -0.135. The van der Waals surface area contributed by atoms with Gasteiger partial charge in [-0.25, -0.2) is 0 Å². The summed E-state index contributed by atoms with van der Waals surface area (Å²) in [5.74, 6) is 0.248. The number of carbonyl (C=O) groups is 1. The molecular formula is C18H26N2O2S. The zero-order valence-electron chi connectivity index (χ0n) is 13.8. The Labute approximate surface area is 143 Å². The predicted molar refractivity (Wildman–Crippen MR) is 93.9 cm³/mol. The van der Waals surface area contributed by atoms with Crippen molar-refractivity contribution in [3.8, 4) is 0 Å². The normalized spacial score (nSPS) is 23.0. The monoisotopic (exact) mass is 334 g/mol. The number of nitrogens with zero attached hydrogens (tertiary/aromatic N) is 1. The van der Waals surface area contributed by atoms with Crippen LogP contribution in [0.4, 0.5) is 0 Å². The molecule has 1 N–H and O–H groups in total. The molecule has 126 valence electrons. The number of rotatable bonds is 4. The number of carbonyl (C=O) groups excluding carboxylic acids is 1. The highest BCUT2D eigenvalue weighted by atomic mass is 32.2. The summed E-state index contributed by atoms with van der Waals surface area (Å²) in [5.41, 5.74) is 1.35. The smallest absolute Gasteiger partial charge is 0.225 e. The van der Waals surface area contributed by atoms with Gasteiger partial charge in [0.05, 0.1) is 19.1 Å². The van der Waals surface area contributed by atoms with Crippen LogP contribution in [0.1, 0.15) is 24.8 Å². The number of hydrogen-bond acceptors (Lipinski definition) is 4. The molecule has 0 aliphatic carbocycles. The number of likely N-dealkylation sites (tertiary alicyclic amines) is 1. The fourth-order valence-electron chi connectivity index (χ4n) is 3.17. The second kappa shape index (κ2) is 8.18. The minimum atomic E-state index is 0.0512. The first-order valence-electron chi connectivity index (χ1n) is 8.55. The Morgan fingerprint density at radius 3 is 2.83 bits per heavy atom. The van der Waals surface area contributed by atoms with E-state index in [-0.39, 0.29) is 12.0 Å². The highest BCUT2D eigenvalue weighted by molar-refractivity contribution is 8.00. The van der Waals surface area contributed by atoms with Gasteiger partial charge in [0, 0.05) is 36.3 Å². The number of ether oxygens (including phenoxy) is 1. The van der Waals surface area contributed by atoms with Crippen molar-refractivity contribution in [2.45, 2.75) is 42.4 Å². The molecule has 2 aliphatic rings. The first-order chi connectivity index (χ1) is 11.2. The first kappa shape index (κ1) is 16.8. The van der Waals surface area contributed by atoms with E-state index in [0.717, 1.165) is 39.0 Å². The summed E-state index contributed by atoms with van der Waals surface area (Å²) in [4.78, 5) is 15.8. The molecule has 1 unspecified atom stereocenters. The van der Waals surface area contributed by atoms with Crippen molar-refractivity contribution in [3.63, 3.8) is 0 Å². The molecule has 0 aromatic heterocycles. The average Bonchev–Trinajstić information content (AvgIpc) is 2.58. The van der Waals surface area contributed by atoms with E-state index < -0.39 is 0 Å². The van der Waals surface area contributed by atoms with Crippen LogP contribution in [-0.4, -0.2) is 54.9 Å². The van der Waals surface area contributed by atoms with Gasteiger partial charge in [-0.05, 0) is 31.4 Å². The minimum Gasteiger partial charge on any atom is -0.375 e. The lowest BCUT2D eigenvalue weighted by atomic mass is 10.1. The summed E-state index contributed by atoms with van der Waals surface area (Å²) < 4.78 is 5.64. The zero-order valence-corrected chi connectivity index (χ0v) is 14.6. The number of hydrogen-bond donors (Lipinski definition) is 1. The molecule has 0 saturated carbocycles. The molecule has 23 heavy (non-hydrogen) atoms. The Balaban J connectivity index is 1.44. The molecule has 1 aromatic carbocycles. The Morgan fingerprint density at radius 1 is 1.35 bits per heavy atom. The highest BCUT2D eigenvalue weighted by Crippen LogP contribution is 2.32. The second-order valence-corrected chi connectivity index (χ2v) is 7.71. The van der Waals surface area contributed by atoms with E-state index in [1.165, 1.54) is 10.5 Å². The van der Waals surface area contributed by atoms with Gasteiger partial charge in [-0.2, -0.15) is 0 Å². The van der Waals surface area contributed by atoms with Crippen molar-refractivity contribution < 1.29 is 9.53 Å². The maximum absolute atomic E-state index is 12.4. The molecule has 1 atom stereocenters. The molecule has 5 heteroatoms. The molecule has 0 bridgehead atoms. The van der Waals surface area contributed by atoms with Crippen LogP contribution in [0.5, 0.6) is 0 Å². The molecule has 1 amide bonds. The Morgan fingerprint density at radius 2 is 2.13 bits per heavy atom. The fourth-order valence-corrected chi connectivity index (χ4v) is 4.38. The third kappa shape index (κ3) is 4.72. The van der Waals surface area contributed by atoms with Gasteiger partial charge < -0.3 is 15.0 Å². The molecule has 0 spiro atoms. The molecule has 3 rings (SSSR count). The number of piperidine rings is 1. The molecule has 2 saturated heterocycles. The van der Waals surface area contributed by atoms with Crippen molar-refractivity contribution in [1.29, 1.82) is 0 Å². The van der Waals surface area contributed by atoms with Crippen molar-refractivity contribution in [2.75, 3.05) is 32.8 Å². The van der Waals surface area contributed by atoms with Crippen molar-refractivity contribution in [2.24, 2.45) is 0 Å². The lowest BCUT2D eigenvalue weighted by Crippen LogP contribution is -2.44. The van der Waals surface area contributed by atoms with E-state index in [4.69, 9.17) is 4.74 Å². The number of morpholine rings is 1. The van der Waals surface area contributed by atoms with Crippen LogP contribution in [0.3, 0.4) is 0 Å². The van der Waals surface area contributed by atoms with Crippen LogP contribution < -0.4 is 5.32 Å². The first-order valence-corrected chi connectivity index (χ1v) is 9.43. The van der Waals surface area contributed by atoms with Gasteiger partial charge in [-0.15, -0.1) is 11.8 Å². The largest absolute Gasteiger partial charge is 0.375 e. The third-order valence-electron chi connectivity index (χ3n) is 4.59.